The number of esters is 1. The van der Waals surface area contributed by atoms with Gasteiger partial charge in [-0.2, -0.15) is 0 Å². The number of carbonyl (C=O) groups is 2. The number of amides is 1. The first-order valence-electron chi connectivity index (χ1n) is 6.68. The molecule has 1 rings (SSSR count). The summed E-state index contributed by atoms with van der Waals surface area (Å²) >= 11 is 0. The maximum atomic E-state index is 11.8. The molecule has 0 fully saturated rings. The molecular weight excluding hydrogens is 256 g/mol. The molecule has 1 amide bonds. The van der Waals surface area contributed by atoms with Crippen molar-refractivity contribution in [1.29, 1.82) is 0 Å². The molecule has 2 N–H and O–H groups in total. The third kappa shape index (κ3) is 5.84. The van der Waals surface area contributed by atoms with E-state index in [0.717, 1.165) is 0 Å². The molecule has 1 aromatic carbocycles. The maximum absolute atomic E-state index is 11.8. The molecule has 0 aliphatic carbocycles. The van der Waals surface area contributed by atoms with Gasteiger partial charge in [-0.3, -0.25) is 15.0 Å². The molecule has 5 nitrogen and oxygen atoms in total. The van der Waals surface area contributed by atoms with Crippen molar-refractivity contribution in [3.8, 4) is 0 Å². The Morgan fingerprint density at radius 3 is 2.45 bits per heavy atom. The third-order valence-electron chi connectivity index (χ3n) is 2.73. The van der Waals surface area contributed by atoms with Crippen LogP contribution in [0.1, 0.15) is 37.6 Å². The summed E-state index contributed by atoms with van der Waals surface area (Å²) in [6.07, 6.45) is 0.301. The molecule has 0 unspecified atom stereocenters. The summed E-state index contributed by atoms with van der Waals surface area (Å²) in [7, 11) is 0. The molecular formula is C15H22N2O3. The van der Waals surface area contributed by atoms with Crippen LogP contribution in [0, 0.1) is 5.41 Å². The highest BCUT2D eigenvalue weighted by atomic mass is 16.5. The number of rotatable bonds is 7. The molecule has 20 heavy (non-hydrogen) atoms. The molecule has 5 heteroatoms. The van der Waals surface area contributed by atoms with Crippen molar-refractivity contribution in [2.45, 2.75) is 27.2 Å². The van der Waals surface area contributed by atoms with Gasteiger partial charge in [-0.25, -0.2) is 5.43 Å². The van der Waals surface area contributed by atoms with Crippen LogP contribution in [-0.4, -0.2) is 25.0 Å². The SMILES string of the molecule is CCOC(=O)CC(C)(C)CNNC(=O)c1ccccc1. The van der Waals surface area contributed by atoms with E-state index in [-0.39, 0.29) is 17.3 Å². The summed E-state index contributed by atoms with van der Waals surface area (Å²) in [5.41, 5.74) is 5.77. The number of hydrogen-bond donors (Lipinski definition) is 2. The minimum absolute atomic E-state index is 0.197. The fourth-order valence-electron chi connectivity index (χ4n) is 1.69. The van der Waals surface area contributed by atoms with Gasteiger partial charge in [0.15, 0.2) is 0 Å². The van der Waals surface area contributed by atoms with Gasteiger partial charge in [0.25, 0.3) is 5.91 Å². The molecule has 1 aromatic rings. The Morgan fingerprint density at radius 2 is 1.85 bits per heavy atom. The fourth-order valence-corrected chi connectivity index (χ4v) is 1.69. The summed E-state index contributed by atoms with van der Waals surface area (Å²) < 4.78 is 4.92. The first-order chi connectivity index (χ1) is 9.44. The summed E-state index contributed by atoms with van der Waals surface area (Å²) in [5, 5.41) is 0. The lowest BCUT2D eigenvalue weighted by Gasteiger charge is -2.23. The van der Waals surface area contributed by atoms with Gasteiger partial charge in [0.05, 0.1) is 13.0 Å². The molecule has 0 radical (unpaired) electrons. The smallest absolute Gasteiger partial charge is 0.306 e. The molecule has 0 atom stereocenters. The second kappa shape index (κ2) is 7.65. The van der Waals surface area contributed by atoms with Gasteiger partial charge < -0.3 is 4.74 Å². The van der Waals surface area contributed by atoms with Crippen molar-refractivity contribution >= 4 is 11.9 Å². The summed E-state index contributed by atoms with van der Waals surface area (Å²) in [6, 6.07) is 8.94. The van der Waals surface area contributed by atoms with E-state index in [1.165, 1.54) is 0 Å². The van der Waals surface area contributed by atoms with E-state index in [2.05, 4.69) is 10.9 Å². The lowest BCUT2D eigenvalue weighted by atomic mass is 9.90. The Morgan fingerprint density at radius 1 is 1.20 bits per heavy atom. The van der Waals surface area contributed by atoms with Crippen LogP contribution < -0.4 is 10.9 Å². The summed E-state index contributed by atoms with van der Waals surface area (Å²) in [4.78, 5) is 23.2. The lowest BCUT2D eigenvalue weighted by molar-refractivity contribution is -0.145. The summed E-state index contributed by atoms with van der Waals surface area (Å²) in [6.45, 7) is 6.51. The second-order valence-electron chi connectivity index (χ2n) is 5.32. The number of ether oxygens (including phenoxy) is 1. The van der Waals surface area contributed by atoms with E-state index in [9.17, 15) is 9.59 Å². The highest BCUT2D eigenvalue weighted by Gasteiger charge is 2.22. The molecule has 0 heterocycles. The Labute approximate surface area is 119 Å². The minimum Gasteiger partial charge on any atom is -0.466 e. The van der Waals surface area contributed by atoms with Crippen LogP contribution >= 0.6 is 0 Å². The Bertz CT molecular complexity index is 444. The van der Waals surface area contributed by atoms with E-state index in [1.807, 2.05) is 19.9 Å². The minimum atomic E-state index is -0.295. The second-order valence-corrected chi connectivity index (χ2v) is 5.32. The van der Waals surface area contributed by atoms with E-state index in [1.54, 1.807) is 31.2 Å². The number of benzene rings is 1. The fraction of sp³-hybridized carbons (Fsp3) is 0.467. The molecule has 110 valence electrons. The van der Waals surface area contributed by atoms with Crippen LogP contribution in [0.3, 0.4) is 0 Å². The summed E-state index contributed by atoms with van der Waals surface area (Å²) in [5.74, 6) is -0.425. The van der Waals surface area contributed by atoms with E-state index >= 15 is 0 Å². The molecule has 0 spiro atoms. The Kier molecular flexibility index (Phi) is 6.18. The van der Waals surface area contributed by atoms with Crippen molar-refractivity contribution < 1.29 is 14.3 Å². The first-order valence-corrected chi connectivity index (χ1v) is 6.68. The van der Waals surface area contributed by atoms with Gasteiger partial charge in [-0.15, -0.1) is 0 Å². The third-order valence-corrected chi connectivity index (χ3v) is 2.73. The zero-order valence-corrected chi connectivity index (χ0v) is 12.2. The molecule has 0 aromatic heterocycles. The van der Waals surface area contributed by atoms with Gasteiger partial charge in [0.2, 0.25) is 0 Å². The van der Waals surface area contributed by atoms with Crippen molar-refractivity contribution in [1.82, 2.24) is 10.9 Å². The largest absolute Gasteiger partial charge is 0.466 e. The highest BCUT2D eigenvalue weighted by molar-refractivity contribution is 5.93. The number of carbonyl (C=O) groups excluding carboxylic acids is 2. The molecule has 0 bridgehead atoms. The van der Waals surface area contributed by atoms with Crippen LogP contribution in [0.15, 0.2) is 30.3 Å². The van der Waals surface area contributed by atoms with Gasteiger partial charge in [0.1, 0.15) is 0 Å². The predicted molar refractivity (Wildman–Crippen MR) is 76.9 cm³/mol. The normalized spacial score (nSPS) is 10.9. The molecule has 0 saturated carbocycles. The first kappa shape index (κ1) is 16.2. The van der Waals surface area contributed by atoms with E-state index in [4.69, 9.17) is 4.74 Å². The Hall–Kier alpha value is -1.88. The van der Waals surface area contributed by atoms with Crippen molar-refractivity contribution in [3.63, 3.8) is 0 Å². The average molecular weight is 278 g/mol. The van der Waals surface area contributed by atoms with E-state index < -0.39 is 0 Å². The number of hydrazine groups is 1. The van der Waals surface area contributed by atoms with Crippen LogP contribution in [0.4, 0.5) is 0 Å². The lowest BCUT2D eigenvalue weighted by Crippen LogP contribution is -2.43. The van der Waals surface area contributed by atoms with Crippen molar-refractivity contribution in [2.75, 3.05) is 13.2 Å². The maximum Gasteiger partial charge on any atom is 0.306 e. The highest BCUT2D eigenvalue weighted by Crippen LogP contribution is 2.19. The van der Waals surface area contributed by atoms with Gasteiger partial charge in [-0.05, 0) is 24.5 Å². The van der Waals surface area contributed by atoms with Gasteiger partial charge in [0, 0.05) is 12.1 Å². The predicted octanol–water partition coefficient (Wildman–Crippen LogP) is 1.90. The number of nitrogens with one attached hydrogen (secondary N) is 2. The number of hydrogen-bond acceptors (Lipinski definition) is 4. The van der Waals surface area contributed by atoms with E-state index in [0.29, 0.717) is 25.1 Å². The molecule has 0 saturated heterocycles. The standard InChI is InChI=1S/C15H22N2O3/c1-4-20-13(18)10-15(2,3)11-16-17-14(19)12-8-6-5-7-9-12/h5-9,16H,4,10-11H2,1-3H3,(H,17,19). The van der Waals surface area contributed by atoms with Crippen LogP contribution in [-0.2, 0) is 9.53 Å². The quantitative estimate of drug-likeness (QED) is 0.590. The van der Waals surface area contributed by atoms with Gasteiger partial charge in [-0.1, -0.05) is 32.0 Å². The van der Waals surface area contributed by atoms with Crippen molar-refractivity contribution in [3.05, 3.63) is 35.9 Å². The zero-order chi connectivity index (χ0) is 15.0. The zero-order valence-electron chi connectivity index (χ0n) is 12.2. The average Bonchev–Trinajstić information content (AvgIpc) is 2.39. The Balaban J connectivity index is 2.36. The van der Waals surface area contributed by atoms with Gasteiger partial charge >= 0.3 is 5.97 Å². The topological polar surface area (TPSA) is 67.4 Å². The molecule has 0 aliphatic rings. The molecule has 0 aliphatic heterocycles. The van der Waals surface area contributed by atoms with Crippen LogP contribution in [0.2, 0.25) is 0 Å². The monoisotopic (exact) mass is 278 g/mol. The van der Waals surface area contributed by atoms with Crippen LogP contribution in [0.5, 0.6) is 0 Å². The van der Waals surface area contributed by atoms with Crippen molar-refractivity contribution in [2.24, 2.45) is 5.41 Å². The van der Waals surface area contributed by atoms with Crippen LogP contribution in [0.25, 0.3) is 0 Å².